The number of carbonyl (C=O) groups is 1. The molecule has 1 rings (SSSR count). The number of hydrogen-bond donors (Lipinski definition) is 0. The average molecular weight is 236 g/mol. The molecule has 3 nitrogen and oxygen atoms in total. The molecule has 0 aliphatic rings. The molecule has 0 aliphatic carbocycles. The Labute approximate surface area is 103 Å². The molecular formula is C14H20O3. The fourth-order valence-corrected chi connectivity index (χ4v) is 1.54. The zero-order valence-corrected chi connectivity index (χ0v) is 11.1. The molecule has 0 amide bonds. The van der Waals surface area contributed by atoms with Crippen molar-refractivity contribution in [3.8, 4) is 5.75 Å². The van der Waals surface area contributed by atoms with Crippen molar-refractivity contribution in [2.24, 2.45) is 0 Å². The Morgan fingerprint density at radius 2 is 1.82 bits per heavy atom. The quantitative estimate of drug-likeness (QED) is 0.756. The number of ether oxygens (including phenoxy) is 2. The van der Waals surface area contributed by atoms with E-state index in [4.69, 9.17) is 9.47 Å². The normalized spacial score (nSPS) is 13.0. The summed E-state index contributed by atoms with van der Waals surface area (Å²) >= 11 is 0. The molecule has 3 heteroatoms. The number of esters is 1. The number of methoxy groups -OCH3 is 1. The first-order valence-corrected chi connectivity index (χ1v) is 5.71. The van der Waals surface area contributed by atoms with Crippen molar-refractivity contribution in [3.63, 3.8) is 0 Å². The molecule has 0 heterocycles. The van der Waals surface area contributed by atoms with E-state index >= 15 is 0 Å². The first-order chi connectivity index (χ1) is 7.85. The van der Waals surface area contributed by atoms with Gasteiger partial charge in [0.2, 0.25) is 0 Å². The Kier molecular flexibility index (Phi) is 4.16. The van der Waals surface area contributed by atoms with E-state index in [0.717, 1.165) is 5.56 Å². The molecule has 0 aliphatic heterocycles. The largest absolute Gasteiger partial charge is 0.496 e. The summed E-state index contributed by atoms with van der Waals surface area (Å²) in [5.74, 6) is 0.151. The van der Waals surface area contributed by atoms with Crippen LogP contribution in [0.4, 0.5) is 0 Å². The summed E-state index contributed by atoms with van der Waals surface area (Å²) in [7, 11) is 1.60. The van der Waals surface area contributed by atoms with Crippen LogP contribution in [0.3, 0.4) is 0 Å². The Bertz CT molecular complexity index is 391. The molecule has 0 aromatic heterocycles. The summed E-state index contributed by atoms with van der Waals surface area (Å²) in [5.41, 5.74) is 0.386. The monoisotopic (exact) mass is 236 g/mol. The molecule has 94 valence electrons. The molecule has 1 unspecified atom stereocenters. The third kappa shape index (κ3) is 3.77. The van der Waals surface area contributed by atoms with Crippen molar-refractivity contribution < 1.29 is 14.3 Å². The second kappa shape index (κ2) is 5.21. The van der Waals surface area contributed by atoms with Gasteiger partial charge in [0.05, 0.1) is 13.0 Å². The van der Waals surface area contributed by atoms with Crippen molar-refractivity contribution >= 4 is 5.97 Å². The van der Waals surface area contributed by atoms with Crippen molar-refractivity contribution in [2.45, 2.75) is 39.2 Å². The lowest BCUT2D eigenvalue weighted by Gasteiger charge is -2.23. The van der Waals surface area contributed by atoms with E-state index in [1.807, 2.05) is 52.0 Å². The van der Waals surface area contributed by atoms with Crippen LogP contribution in [0.2, 0.25) is 0 Å². The highest BCUT2D eigenvalue weighted by atomic mass is 16.6. The summed E-state index contributed by atoms with van der Waals surface area (Å²) in [6.45, 7) is 7.41. The standard InChI is InChI=1S/C14H20O3/c1-10(13(15)17-14(2,3)4)11-8-6-7-9-12(11)16-5/h6-10H,1-5H3. The summed E-state index contributed by atoms with van der Waals surface area (Å²) < 4.78 is 10.6. The minimum Gasteiger partial charge on any atom is -0.496 e. The van der Waals surface area contributed by atoms with Crippen LogP contribution in [0.15, 0.2) is 24.3 Å². The molecule has 1 aromatic carbocycles. The van der Waals surface area contributed by atoms with Crippen LogP contribution in [0.5, 0.6) is 5.75 Å². The first-order valence-electron chi connectivity index (χ1n) is 5.71. The first kappa shape index (κ1) is 13.6. The van der Waals surface area contributed by atoms with E-state index in [2.05, 4.69) is 0 Å². The van der Waals surface area contributed by atoms with Gasteiger partial charge in [0.25, 0.3) is 0 Å². The fourth-order valence-electron chi connectivity index (χ4n) is 1.54. The molecular weight excluding hydrogens is 216 g/mol. The maximum atomic E-state index is 11.9. The van der Waals surface area contributed by atoms with Gasteiger partial charge in [-0.1, -0.05) is 18.2 Å². The van der Waals surface area contributed by atoms with Gasteiger partial charge in [-0.15, -0.1) is 0 Å². The highest BCUT2D eigenvalue weighted by Crippen LogP contribution is 2.28. The van der Waals surface area contributed by atoms with Crippen LogP contribution in [-0.2, 0) is 9.53 Å². The third-order valence-electron chi connectivity index (χ3n) is 2.37. The van der Waals surface area contributed by atoms with Gasteiger partial charge in [0.1, 0.15) is 11.4 Å². The maximum Gasteiger partial charge on any atom is 0.313 e. The Morgan fingerprint density at radius 1 is 1.24 bits per heavy atom. The summed E-state index contributed by atoms with van der Waals surface area (Å²) in [6.07, 6.45) is 0. The summed E-state index contributed by atoms with van der Waals surface area (Å²) in [5, 5.41) is 0. The predicted molar refractivity (Wildman–Crippen MR) is 67.3 cm³/mol. The van der Waals surface area contributed by atoms with E-state index in [0.29, 0.717) is 5.75 Å². The van der Waals surface area contributed by atoms with Crippen molar-refractivity contribution in [2.75, 3.05) is 7.11 Å². The van der Waals surface area contributed by atoms with Crippen molar-refractivity contribution in [1.82, 2.24) is 0 Å². The summed E-state index contributed by atoms with van der Waals surface area (Å²) in [4.78, 5) is 11.9. The van der Waals surface area contributed by atoms with E-state index in [9.17, 15) is 4.79 Å². The highest BCUT2D eigenvalue weighted by Gasteiger charge is 2.24. The minimum atomic E-state index is -0.465. The zero-order chi connectivity index (χ0) is 13.1. The van der Waals surface area contributed by atoms with Gasteiger partial charge in [-0.05, 0) is 33.8 Å². The number of rotatable bonds is 3. The number of benzene rings is 1. The van der Waals surface area contributed by atoms with E-state index in [1.54, 1.807) is 7.11 Å². The van der Waals surface area contributed by atoms with Gasteiger partial charge in [0.15, 0.2) is 0 Å². The molecule has 0 fully saturated rings. The van der Waals surface area contributed by atoms with Crippen LogP contribution in [0.1, 0.15) is 39.2 Å². The molecule has 1 atom stereocenters. The molecule has 0 saturated heterocycles. The topological polar surface area (TPSA) is 35.5 Å². The van der Waals surface area contributed by atoms with Crippen LogP contribution in [0.25, 0.3) is 0 Å². The van der Waals surface area contributed by atoms with Crippen molar-refractivity contribution in [3.05, 3.63) is 29.8 Å². The van der Waals surface area contributed by atoms with Gasteiger partial charge >= 0.3 is 5.97 Å². The average Bonchev–Trinajstić information content (AvgIpc) is 2.25. The van der Waals surface area contributed by atoms with E-state index in [-0.39, 0.29) is 11.9 Å². The van der Waals surface area contributed by atoms with Gasteiger partial charge in [0, 0.05) is 5.56 Å². The molecule has 17 heavy (non-hydrogen) atoms. The van der Waals surface area contributed by atoms with Gasteiger partial charge in [-0.3, -0.25) is 4.79 Å². The predicted octanol–water partition coefficient (Wildman–Crippen LogP) is 3.14. The molecule has 0 bridgehead atoms. The van der Waals surface area contributed by atoms with E-state index < -0.39 is 5.60 Å². The van der Waals surface area contributed by atoms with Crippen LogP contribution in [-0.4, -0.2) is 18.7 Å². The van der Waals surface area contributed by atoms with E-state index in [1.165, 1.54) is 0 Å². The fraction of sp³-hybridized carbons (Fsp3) is 0.500. The second-order valence-electron chi connectivity index (χ2n) is 5.00. The smallest absolute Gasteiger partial charge is 0.313 e. The second-order valence-corrected chi connectivity index (χ2v) is 5.00. The Morgan fingerprint density at radius 3 is 2.35 bits per heavy atom. The van der Waals surface area contributed by atoms with Crippen LogP contribution in [0, 0.1) is 0 Å². The molecule has 0 saturated carbocycles. The Hall–Kier alpha value is -1.51. The van der Waals surface area contributed by atoms with Gasteiger partial charge in [-0.25, -0.2) is 0 Å². The van der Waals surface area contributed by atoms with Gasteiger partial charge in [-0.2, -0.15) is 0 Å². The molecule has 0 N–H and O–H groups in total. The Balaban J connectivity index is 2.89. The molecule has 1 aromatic rings. The van der Waals surface area contributed by atoms with Crippen LogP contribution < -0.4 is 4.74 Å². The van der Waals surface area contributed by atoms with Crippen LogP contribution >= 0.6 is 0 Å². The third-order valence-corrected chi connectivity index (χ3v) is 2.37. The minimum absolute atomic E-state index is 0.234. The number of carbonyl (C=O) groups excluding carboxylic acids is 1. The highest BCUT2D eigenvalue weighted by molar-refractivity contribution is 5.79. The molecule has 0 spiro atoms. The van der Waals surface area contributed by atoms with Gasteiger partial charge < -0.3 is 9.47 Å². The number of para-hydroxylation sites is 1. The van der Waals surface area contributed by atoms with Crippen molar-refractivity contribution in [1.29, 1.82) is 0 Å². The lowest BCUT2D eigenvalue weighted by Crippen LogP contribution is -2.27. The molecule has 0 radical (unpaired) electrons. The lowest BCUT2D eigenvalue weighted by molar-refractivity contribution is -0.156. The zero-order valence-electron chi connectivity index (χ0n) is 11.1. The number of hydrogen-bond acceptors (Lipinski definition) is 3. The SMILES string of the molecule is COc1ccccc1C(C)C(=O)OC(C)(C)C. The lowest BCUT2D eigenvalue weighted by atomic mass is 10.00. The maximum absolute atomic E-state index is 11.9. The summed E-state index contributed by atoms with van der Waals surface area (Å²) in [6, 6.07) is 7.49.